The van der Waals surface area contributed by atoms with E-state index in [0.29, 0.717) is 12.8 Å². The summed E-state index contributed by atoms with van der Waals surface area (Å²) in [4.78, 5) is 13.3. The van der Waals surface area contributed by atoms with Crippen LogP contribution in [0.1, 0.15) is 284 Å². The summed E-state index contributed by atoms with van der Waals surface area (Å²) in [5, 5.41) is 87.1. The molecule has 2 rings (SSSR count). The van der Waals surface area contributed by atoms with Crippen LogP contribution in [0.15, 0.2) is 36.5 Å². The van der Waals surface area contributed by atoms with Gasteiger partial charge in [0.25, 0.3) is 0 Å². The summed E-state index contributed by atoms with van der Waals surface area (Å²) < 4.78 is 22.8. The van der Waals surface area contributed by atoms with E-state index in [1.54, 1.807) is 6.08 Å². The maximum Gasteiger partial charge on any atom is 0.220 e. The van der Waals surface area contributed by atoms with Crippen LogP contribution in [0.2, 0.25) is 0 Å². The molecule has 2 fully saturated rings. The highest BCUT2D eigenvalue weighted by Crippen LogP contribution is 2.30. The number of aliphatic hydroxyl groups excluding tert-OH is 8. The van der Waals surface area contributed by atoms with Gasteiger partial charge < -0.3 is 65.1 Å². The van der Waals surface area contributed by atoms with Crippen LogP contribution in [-0.4, -0.2) is 140 Å². The van der Waals surface area contributed by atoms with Crippen molar-refractivity contribution >= 4 is 5.91 Å². The predicted molar refractivity (Wildman–Crippen MR) is 323 cm³/mol. The Bertz CT molecular complexity index is 1480. The maximum atomic E-state index is 13.3. The average molecular weight is 1140 g/mol. The molecule has 0 radical (unpaired) electrons. The molecule has 80 heavy (non-hydrogen) atoms. The van der Waals surface area contributed by atoms with Gasteiger partial charge in [0, 0.05) is 6.42 Å². The number of amides is 1. The van der Waals surface area contributed by atoms with Crippen molar-refractivity contribution in [2.24, 2.45) is 0 Å². The molecular formula is C66H123NO13. The summed E-state index contributed by atoms with van der Waals surface area (Å²) in [6.45, 7) is 2.77. The molecule has 12 unspecified atom stereocenters. The van der Waals surface area contributed by atoms with Crippen LogP contribution in [0.25, 0.3) is 0 Å². The molecule has 14 nitrogen and oxygen atoms in total. The summed E-state index contributed by atoms with van der Waals surface area (Å²) in [5.74, 6) is -0.249. The number of unbranched alkanes of at least 4 members (excludes halogenated alkanes) is 37. The van der Waals surface area contributed by atoms with Crippen LogP contribution in [0.3, 0.4) is 0 Å². The molecule has 1 amide bonds. The van der Waals surface area contributed by atoms with Gasteiger partial charge in [-0.1, -0.05) is 269 Å². The third-order valence-corrected chi connectivity index (χ3v) is 16.3. The highest BCUT2D eigenvalue weighted by atomic mass is 16.7. The minimum atomic E-state index is -1.79. The van der Waals surface area contributed by atoms with E-state index in [1.165, 1.54) is 205 Å². The van der Waals surface area contributed by atoms with E-state index < -0.39 is 86.8 Å². The van der Waals surface area contributed by atoms with Gasteiger partial charge in [0.2, 0.25) is 5.91 Å². The number of hydrogen-bond donors (Lipinski definition) is 9. The zero-order valence-corrected chi connectivity index (χ0v) is 50.8. The summed E-state index contributed by atoms with van der Waals surface area (Å²) in [6.07, 6.45) is 47.9. The third kappa shape index (κ3) is 36.1. The number of allylic oxidation sites excluding steroid dienone is 5. The van der Waals surface area contributed by atoms with Crippen molar-refractivity contribution in [3.05, 3.63) is 36.5 Å². The Labute approximate surface area is 487 Å². The molecule has 470 valence electrons. The lowest BCUT2D eigenvalue weighted by atomic mass is 9.97. The van der Waals surface area contributed by atoms with Crippen molar-refractivity contribution < 1.29 is 64.6 Å². The van der Waals surface area contributed by atoms with Crippen molar-refractivity contribution in [1.82, 2.24) is 5.32 Å². The SMILES string of the molecule is CCCCCC/C=C/CC/C=C/CC/C=C/C(O)C(COC1OC(CO)C(OC2OC(CO)C(O)C(O)C2O)C(O)C1O)NC(=O)CCCCCCCCCCCCCCCCCCCCCCCCCCCCCCCCCC. The van der Waals surface area contributed by atoms with Gasteiger partial charge in [0.15, 0.2) is 12.6 Å². The lowest BCUT2D eigenvalue weighted by molar-refractivity contribution is -0.359. The Morgan fingerprint density at radius 3 is 1.23 bits per heavy atom. The molecule has 0 aliphatic carbocycles. The van der Waals surface area contributed by atoms with Gasteiger partial charge in [-0.3, -0.25) is 4.79 Å². The summed E-state index contributed by atoms with van der Waals surface area (Å²) in [6, 6.07) is -0.935. The molecule has 0 saturated carbocycles. The molecule has 2 aliphatic heterocycles. The first-order chi connectivity index (χ1) is 39.1. The normalized spacial score (nSPS) is 24.4. The van der Waals surface area contributed by atoms with E-state index in [1.807, 2.05) is 6.08 Å². The molecule has 2 heterocycles. The highest BCUT2D eigenvalue weighted by Gasteiger charge is 2.51. The molecule has 0 spiro atoms. The van der Waals surface area contributed by atoms with Crippen molar-refractivity contribution in [3.8, 4) is 0 Å². The zero-order chi connectivity index (χ0) is 58.1. The van der Waals surface area contributed by atoms with Crippen molar-refractivity contribution in [3.63, 3.8) is 0 Å². The number of carbonyl (C=O) groups is 1. The average Bonchev–Trinajstić information content (AvgIpc) is 3.46. The number of hydrogen-bond acceptors (Lipinski definition) is 13. The van der Waals surface area contributed by atoms with E-state index in [4.69, 9.17) is 18.9 Å². The fourth-order valence-corrected chi connectivity index (χ4v) is 11.0. The van der Waals surface area contributed by atoms with Gasteiger partial charge in [-0.05, 0) is 44.9 Å². The van der Waals surface area contributed by atoms with Gasteiger partial charge >= 0.3 is 0 Å². The number of carbonyl (C=O) groups excluding carboxylic acids is 1. The largest absolute Gasteiger partial charge is 0.394 e. The van der Waals surface area contributed by atoms with Gasteiger partial charge in [0.1, 0.15) is 48.8 Å². The second-order valence-corrected chi connectivity index (χ2v) is 23.6. The van der Waals surface area contributed by atoms with Gasteiger partial charge in [-0.2, -0.15) is 0 Å². The first-order valence-electron chi connectivity index (χ1n) is 33.2. The third-order valence-electron chi connectivity index (χ3n) is 16.3. The Morgan fingerprint density at radius 2 is 0.800 bits per heavy atom. The van der Waals surface area contributed by atoms with E-state index in [2.05, 4.69) is 43.5 Å². The van der Waals surface area contributed by atoms with Crippen molar-refractivity contribution in [2.45, 2.75) is 357 Å². The first kappa shape index (κ1) is 74.3. The molecule has 2 saturated heterocycles. The molecular weight excluding hydrogens is 1010 g/mol. The van der Waals surface area contributed by atoms with Crippen LogP contribution in [0.4, 0.5) is 0 Å². The first-order valence-corrected chi connectivity index (χ1v) is 33.2. The molecule has 2 aliphatic rings. The molecule has 0 aromatic carbocycles. The number of ether oxygens (including phenoxy) is 4. The second kappa shape index (κ2) is 51.6. The van der Waals surface area contributed by atoms with Gasteiger partial charge in [0.05, 0.1) is 32.0 Å². The smallest absolute Gasteiger partial charge is 0.220 e. The van der Waals surface area contributed by atoms with Crippen LogP contribution >= 0.6 is 0 Å². The van der Waals surface area contributed by atoms with Crippen LogP contribution < -0.4 is 5.32 Å². The van der Waals surface area contributed by atoms with Gasteiger partial charge in [-0.25, -0.2) is 0 Å². The predicted octanol–water partition coefficient (Wildman–Crippen LogP) is 12.6. The summed E-state index contributed by atoms with van der Waals surface area (Å²) in [7, 11) is 0. The van der Waals surface area contributed by atoms with Crippen LogP contribution in [0, 0.1) is 0 Å². The monoisotopic (exact) mass is 1140 g/mol. The van der Waals surface area contributed by atoms with E-state index in [0.717, 1.165) is 44.9 Å². The Kier molecular flexibility index (Phi) is 47.9. The lowest BCUT2D eigenvalue weighted by Gasteiger charge is -2.46. The Balaban J connectivity index is 1.63. The number of rotatable bonds is 54. The Morgan fingerprint density at radius 1 is 0.438 bits per heavy atom. The number of nitrogens with one attached hydrogen (secondary N) is 1. The maximum absolute atomic E-state index is 13.3. The minimum Gasteiger partial charge on any atom is -0.394 e. The molecule has 0 aromatic heterocycles. The van der Waals surface area contributed by atoms with Gasteiger partial charge in [-0.15, -0.1) is 0 Å². The van der Waals surface area contributed by atoms with E-state index in [9.17, 15) is 45.6 Å². The fraction of sp³-hybridized carbons (Fsp3) is 0.894. The standard InChI is InChI=1S/C66H123NO13/c1-3-5-7-9-11-13-15-17-19-20-21-22-23-24-25-26-27-28-29-30-31-32-33-34-35-36-38-40-42-44-46-48-50-58(71)67-54(55(70)49-47-45-43-41-39-37-18-16-14-12-10-8-6-4-2)53-77-65-63(76)61(74)64(57(52-69)79-65)80-66-62(75)60(73)59(72)56(51-68)78-66/h14,16,39,41,47,49,54-57,59-66,68-70,72-76H,3-13,15,17-38,40,42-46,48,50-53H2,1-2H3,(H,67,71)/b16-14+,41-39+,49-47+. The molecule has 0 aromatic rings. The van der Waals surface area contributed by atoms with Crippen molar-refractivity contribution in [2.75, 3.05) is 19.8 Å². The van der Waals surface area contributed by atoms with Crippen LogP contribution in [-0.2, 0) is 23.7 Å². The van der Waals surface area contributed by atoms with E-state index in [-0.39, 0.29) is 18.9 Å². The fourth-order valence-electron chi connectivity index (χ4n) is 11.0. The summed E-state index contributed by atoms with van der Waals surface area (Å²) in [5.41, 5.74) is 0. The van der Waals surface area contributed by atoms with E-state index >= 15 is 0 Å². The number of aliphatic hydroxyl groups is 8. The molecule has 12 atom stereocenters. The zero-order valence-electron chi connectivity index (χ0n) is 50.8. The molecule has 0 bridgehead atoms. The van der Waals surface area contributed by atoms with Crippen LogP contribution in [0.5, 0.6) is 0 Å². The molecule has 9 N–H and O–H groups in total. The summed E-state index contributed by atoms with van der Waals surface area (Å²) >= 11 is 0. The topological polar surface area (TPSA) is 228 Å². The lowest BCUT2D eigenvalue weighted by Crippen LogP contribution is -2.65. The Hall–Kier alpha value is -1.79. The highest BCUT2D eigenvalue weighted by molar-refractivity contribution is 5.76. The molecule has 14 heteroatoms. The quantitative estimate of drug-likeness (QED) is 0.0204. The van der Waals surface area contributed by atoms with Crippen molar-refractivity contribution in [1.29, 1.82) is 0 Å². The second-order valence-electron chi connectivity index (χ2n) is 23.6. The minimum absolute atomic E-state index is 0.249.